The van der Waals surface area contributed by atoms with Gasteiger partial charge in [-0.25, -0.2) is 9.59 Å². The number of methoxy groups -OCH3 is 2. The first-order valence-corrected chi connectivity index (χ1v) is 33.5. The Kier molecular flexibility index (Phi) is 22.4. The minimum atomic E-state index is -0.642. The van der Waals surface area contributed by atoms with Crippen LogP contribution in [-0.2, 0) is 28.7 Å². The molecule has 6 amide bonds. The zero-order valence-corrected chi connectivity index (χ0v) is 55.3. The molecular weight excluding hydrogens is 1190 g/mol. The first kappa shape index (κ1) is 68.8. The molecule has 0 aliphatic carbocycles. The minimum absolute atomic E-state index is 0. The topological polar surface area (TPSA) is 233 Å². The Morgan fingerprint density at radius 3 is 1.17 bits per heavy atom. The maximum atomic E-state index is 13.5. The second kappa shape index (κ2) is 31.0. The highest BCUT2D eigenvalue weighted by Crippen LogP contribution is 2.36. The molecule has 4 aromatic carbocycles. The highest BCUT2D eigenvalue weighted by atomic mass is 16.5. The summed E-state index contributed by atoms with van der Waals surface area (Å²) in [5, 5.41) is 5.43. The average Bonchev–Trinajstić information content (AvgIpc) is 1.69. The number of nitrogens with zero attached hydrogens (tertiary/aromatic N) is 8. The van der Waals surface area contributed by atoms with Gasteiger partial charge in [0.15, 0.2) is 0 Å². The van der Waals surface area contributed by atoms with Crippen LogP contribution in [-0.4, -0.2) is 162 Å². The van der Waals surface area contributed by atoms with Gasteiger partial charge in [0.1, 0.15) is 12.1 Å². The molecule has 0 bridgehead atoms. The van der Waals surface area contributed by atoms with E-state index >= 15 is 0 Å². The molecule has 95 heavy (non-hydrogen) atoms. The van der Waals surface area contributed by atoms with Gasteiger partial charge in [0.2, 0.25) is 23.6 Å². The maximum absolute atomic E-state index is 13.5. The van der Waals surface area contributed by atoms with Gasteiger partial charge < -0.3 is 45.4 Å². The second-order valence-corrected chi connectivity index (χ2v) is 26.7. The van der Waals surface area contributed by atoms with E-state index in [-0.39, 0.29) is 66.9 Å². The molecule has 4 fully saturated rings. The van der Waals surface area contributed by atoms with Gasteiger partial charge in [0, 0.05) is 105 Å². The smallest absolute Gasteiger partial charge is 0.407 e. The summed E-state index contributed by atoms with van der Waals surface area (Å²) in [7, 11) is 2.61. The normalized spacial score (nSPS) is 21.5. The molecule has 4 saturated heterocycles. The van der Waals surface area contributed by atoms with Crippen molar-refractivity contribution < 1.29 is 38.2 Å². The molecule has 19 nitrogen and oxygen atoms in total. The lowest BCUT2D eigenvalue weighted by Crippen LogP contribution is -2.53. The van der Waals surface area contributed by atoms with Crippen molar-refractivity contribution in [3.63, 3.8) is 0 Å². The number of ether oxygens (including phenoxy) is 2. The molecule has 8 heterocycles. The van der Waals surface area contributed by atoms with Crippen LogP contribution in [0.25, 0.3) is 44.5 Å². The molecule has 0 spiro atoms. The third kappa shape index (κ3) is 16.0. The number of alkyl carbamates (subject to hydrolysis) is 2. The monoisotopic (exact) mass is 1290 g/mol. The van der Waals surface area contributed by atoms with Crippen LogP contribution in [0.2, 0.25) is 0 Å². The van der Waals surface area contributed by atoms with Crippen molar-refractivity contribution in [1.29, 1.82) is 0 Å². The Hall–Kier alpha value is -9.10. The lowest BCUT2D eigenvalue weighted by Gasteiger charge is -2.31. The van der Waals surface area contributed by atoms with Crippen molar-refractivity contribution in [2.45, 2.75) is 149 Å². The number of nitrogens with one attached hydrogen (secondary N) is 2. The van der Waals surface area contributed by atoms with Crippen molar-refractivity contribution in [2.75, 3.05) is 53.5 Å². The van der Waals surface area contributed by atoms with Gasteiger partial charge in [0.05, 0.1) is 45.4 Å². The number of carbonyl (C=O) groups excluding carboxylic acids is 6. The van der Waals surface area contributed by atoms with E-state index in [1.54, 1.807) is 0 Å². The number of aliphatic imine (C=N–C) groups is 4. The summed E-state index contributed by atoms with van der Waals surface area (Å²) in [5.41, 5.74) is 23.7. The molecule has 500 valence electrons. The van der Waals surface area contributed by atoms with Crippen LogP contribution in [0.1, 0.15) is 141 Å². The van der Waals surface area contributed by atoms with Crippen molar-refractivity contribution in [3.8, 4) is 22.3 Å². The van der Waals surface area contributed by atoms with Crippen molar-refractivity contribution in [1.82, 2.24) is 30.2 Å². The predicted molar refractivity (Wildman–Crippen MR) is 377 cm³/mol. The molecule has 8 aliphatic rings. The quantitative estimate of drug-likeness (QED) is 0.0858. The van der Waals surface area contributed by atoms with Gasteiger partial charge in [-0.1, -0.05) is 139 Å². The molecule has 0 radical (unpaired) electrons. The van der Waals surface area contributed by atoms with E-state index in [1.807, 2.05) is 79.0 Å². The largest absolute Gasteiger partial charge is 0.453 e. The summed E-state index contributed by atoms with van der Waals surface area (Å²) in [6.07, 6.45) is 16.7. The van der Waals surface area contributed by atoms with Crippen LogP contribution in [0.3, 0.4) is 0 Å². The van der Waals surface area contributed by atoms with E-state index in [2.05, 4.69) is 118 Å². The SMILES string of the molecule is C.COC(=O)N[C@H](C(=O)N1CCC[C@H]1C1=NC=C(c2ccc(-c3ccc(C4=CN=C(CN5CCC[C@H](C)C5=O)C4)cc3)cc2)C1)C(C)C.COC(=O)N[C@H](C(=O)N1CCC[C@H]1C1=NC=C(c2ccc(-c3ccc(C4=CN=C(CN5CCC[C@H](N)C5=O)C4)cc3)cc2)C1)C(C)C. The molecule has 4 aromatic rings. The standard InChI is InChI=1S/C38H45N5O4.C37H44N6O4.CH4/c1-24(2)35(41-38(46)47-4)37(45)43-18-6-8-34(43)33-20-31(22-40-33)29-15-11-27(12-16-29)26-9-13-28(14-10-26)30-19-32(39-21-30)23-42-17-5-7-25(3)36(42)44;1-23(2)34(41-37(46)47-3)36(45)43-17-5-7-33(43)32-19-29(21-40-32)27-14-10-25(11-15-27)24-8-12-26(13-9-24)28-18-30(39-20-28)22-42-16-4-6-31(38)35(42)44;/h9-16,21-22,24-25,34-35H,5-8,17-20,23H2,1-4H3,(H,41,46);8-15,20-21,23,31,33-34H,4-7,16-19,22,38H2,1-3H3,(H,41,46);1H4/t25-,34-,35-;31-,33-,34-;/m00./s1. The van der Waals surface area contributed by atoms with Gasteiger partial charge in [-0.2, -0.15) is 0 Å². The van der Waals surface area contributed by atoms with Crippen LogP contribution in [0, 0.1) is 17.8 Å². The van der Waals surface area contributed by atoms with Crippen molar-refractivity contribution in [3.05, 3.63) is 144 Å². The molecule has 19 heteroatoms. The van der Waals surface area contributed by atoms with E-state index in [4.69, 9.17) is 25.2 Å². The second-order valence-electron chi connectivity index (χ2n) is 26.7. The molecule has 4 N–H and O–H groups in total. The fourth-order valence-corrected chi connectivity index (χ4v) is 14.0. The fraction of sp³-hybridized carbons (Fsp3) is 0.447. The van der Waals surface area contributed by atoms with Gasteiger partial charge in [-0.15, -0.1) is 0 Å². The predicted octanol–water partition coefficient (Wildman–Crippen LogP) is 12.0. The lowest BCUT2D eigenvalue weighted by molar-refractivity contribution is -0.137. The van der Waals surface area contributed by atoms with Crippen LogP contribution < -0.4 is 16.4 Å². The summed E-state index contributed by atoms with van der Waals surface area (Å²) >= 11 is 0. The van der Waals surface area contributed by atoms with Gasteiger partial charge >= 0.3 is 12.2 Å². The Morgan fingerprint density at radius 2 is 0.800 bits per heavy atom. The Bertz CT molecular complexity index is 3520. The number of hydrogen-bond donors (Lipinski definition) is 3. The van der Waals surface area contributed by atoms with E-state index in [9.17, 15) is 28.8 Å². The first-order valence-electron chi connectivity index (χ1n) is 33.5. The molecule has 12 rings (SSSR count). The number of likely N-dealkylation sites (tertiary alicyclic amines) is 4. The molecule has 0 aromatic heterocycles. The van der Waals surface area contributed by atoms with Crippen LogP contribution in [0.5, 0.6) is 0 Å². The van der Waals surface area contributed by atoms with Gasteiger partial charge in [-0.05, 0) is 130 Å². The number of piperidine rings is 2. The van der Waals surface area contributed by atoms with Crippen molar-refractivity contribution in [2.24, 2.45) is 43.5 Å². The van der Waals surface area contributed by atoms with Crippen LogP contribution in [0.4, 0.5) is 9.59 Å². The number of allylic oxidation sites excluding steroid dienone is 4. The summed E-state index contributed by atoms with van der Waals surface area (Å²) in [6.45, 7) is 13.8. The maximum Gasteiger partial charge on any atom is 0.407 e. The van der Waals surface area contributed by atoms with Crippen LogP contribution in [0.15, 0.2) is 142 Å². The molecular formula is C76H93N11O8. The van der Waals surface area contributed by atoms with Crippen molar-refractivity contribution >= 4 is 81.0 Å². The molecule has 0 unspecified atom stereocenters. The summed E-state index contributed by atoms with van der Waals surface area (Å²) < 4.78 is 9.51. The zero-order chi connectivity index (χ0) is 66.2. The molecule has 0 saturated carbocycles. The number of rotatable bonds is 18. The van der Waals surface area contributed by atoms with E-state index in [1.165, 1.54) is 19.8 Å². The van der Waals surface area contributed by atoms with E-state index < -0.39 is 24.3 Å². The van der Waals surface area contributed by atoms with Gasteiger partial charge in [-0.3, -0.25) is 39.1 Å². The molecule has 8 aliphatic heterocycles. The lowest BCUT2D eigenvalue weighted by atomic mass is 9.95. The number of benzene rings is 4. The Morgan fingerprint density at radius 1 is 0.474 bits per heavy atom. The number of nitrogens with two attached hydrogens (primary N) is 1. The highest BCUT2D eigenvalue weighted by Gasteiger charge is 2.41. The first-order chi connectivity index (χ1) is 45.4. The highest BCUT2D eigenvalue weighted by molar-refractivity contribution is 6.06. The third-order valence-corrected chi connectivity index (χ3v) is 19.5. The minimum Gasteiger partial charge on any atom is -0.453 e. The Balaban J connectivity index is 0.000000205. The number of amides is 6. The summed E-state index contributed by atoms with van der Waals surface area (Å²) in [6, 6.07) is 32.5. The molecule has 6 atom stereocenters. The number of carbonyl (C=O) groups is 6. The Labute approximate surface area is 559 Å². The number of hydrogen-bond acceptors (Lipinski definition) is 13. The zero-order valence-electron chi connectivity index (χ0n) is 55.3. The average molecular weight is 1290 g/mol. The fourth-order valence-electron chi connectivity index (χ4n) is 14.0. The summed E-state index contributed by atoms with van der Waals surface area (Å²) in [4.78, 5) is 102. The third-order valence-electron chi connectivity index (χ3n) is 19.5. The van der Waals surface area contributed by atoms with E-state index in [0.29, 0.717) is 39.0 Å². The van der Waals surface area contributed by atoms with Crippen LogP contribution >= 0.6 is 0 Å². The van der Waals surface area contributed by atoms with E-state index in [0.717, 1.165) is 161 Å². The van der Waals surface area contributed by atoms with Gasteiger partial charge in [0.25, 0.3) is 0 Å². The summed E-state index contributed by atoms with van der Waals surface area (Å²) in [5.74, 6) is 0.0848.